The highest BCUT2D eigenvalue weighted by Crippen LogP contribution is 2.25. The molecule has 0 aliphatic rings. The maximum atomic E-state index is 12.8. The van der Waals surface area contributed by atoms with Crippen LogP contribution in [-0.4, -0.2) is 5.97 Å². The highest BCUT2D eigenvalue weighted by molar-refractivity contribution is 6.36. The van der Waals surface area contributed by atoms with Gasteiger partial charge in [-0.1, -0.05) is 53.5 Å². The molecule has 0 spiro atoms. The first kappa shape index (κ1) is 18.3. The highest BCUT2D eigenvalue weighted by atomic mass is 35.5. The van der Waals surface area contributed by atoms with Crippen LogP contribution in [0.4, 0.5) is 0 Å². The number of rotatable bonds is 3. The molecule has 3 aromatic carbocycles. The van der Waals surface area contributed by atoms with E-state index in [2.05, 4.69) is 0 Å². The van der Waals surface area contributed by atoms with Gasteiger partial charge in [0.15, 0.2) is 5.43 Å². The van der Waals surface area contributed by atoms with E-state index in [0.29, 0.717) is 21.6 Å². The molecule has 4 nitrogen and oxygen atoms in total. The van der Waals surface area contributed by atoms with Crippen LogP contribution in [-0.2, 0) is 0 Å². The molecule has 138 valence electrons. The molecule has 0 amide bonds. The molecule has 0 atom stereocenters. The Morgan fingerprint density at radius 1 is 0.929 bits per heavy atom. The van der Waals surface area contributed by atoms with E-state index in [1.165, 1.54) is 30.5 Å². The average Bonchev–Trinajstić information content (AvgIpc) is 2.69. The molecule has 1 heterocycles. The van der Waals surface area contributed by atoms with Crippen molar-refractivity contribution >= 4 is 40.1 Å². The lowest BCUT2D eigenvalue weighted by atomic mass is 10.1. The van der Waals surface area contributed by atoms with E-state index in [-0.39, 0.29) is 21.8 Å². The van der Waals surface area contributed by atoms with Crippen LogP contribution in [0.5, 0.6) is 5.75 Å². The number of halogens is 2. The van der Waals surface area contributed by atoms with Crippen LogP contribution in [0.2, 0.25) is 10.0 Å². The summed E-state index contributed by atoms with van der Waals surface area (Å²) in [4.78, 5) is 25.1. The first-order valence-electron chi connectivity index (χ1n) is 8.31. The van der Waals surface area contributed by atoms with E-state index in [1.54, 1.807) is 12.1 Å². The molecule has 0 bridgehead atoms. The van der Waals surface area contributed by atoms with Gasteiger partial charge >= 0.3 is 5.97 Å². The number of benzene rings is 3. The van der Waals surface area contributed by atoms with Crippen molar-refractivity contribution in [3.05, 3.63) is 98.8 Å². The van der Waals surface area contributed by atoms with Crippen LogP contribution in [0.1, 0.15) is 10.4 Å². The summed E-state index contributed by atoms with van der Waals surface area (Å²) in [5.74, 6) is -0.400. The molecular formula is C22H12Cl2O4. The predicted molar refractivity (Wildman–Crippen MR) is 109 cm³/mol. The Balaban J connectivity index is 1.67. The predicted octanol–water partition coefficient (Wildman–Crippen LogP) is 5.99. The second kappa shape index (κ2) is 7.50. The zero-order valence-corrected chi connectivity index (χ0v) is 15.8. The third-order valence-corrected chi connectivity index (χ3v) is 4.74. The minimum atomic E-state index is -0.635. The first-order valence-corrected chi connectivity index (χ1v) is 9.07. The quantitative estimate of drug-likeness (QED) is 0.307. The zero-order valence-electron chi connectivity index (χ0n) is 14.3. The Labute approximate surface area is 169 Å². The van der Waals surface area contributed by atoms with Gasteiger partial charge in [0.1, 0.15) is 17.6 Å². The number of hydrogen-bond donors (Lipinski definition) is 0. The normalized spacial score (nSPS) is 10.8. The fourth-order valence-corrected chi connectivity index (χ4v) is 3.29. The molecule has 0 N–H and O–H groups in total. The summed E-state index contributed by atoms with van der Waals surface area (Å²) in [5, 5.41) is 1.01. The van der Waals surface area contributed by atoms with E-state index in [0.717, 1.165) is 5.56 Å². The number of fused-ring (bicyclic) bond motifs is 1. The number of esters is 1. The second-order valence-corrected chi connectivity index (χ2v) is 6.86. The minimum Gasteiger partial charge on any atom is -0.463 e. The third kappa shape index (κ3) is 3.52. The Bertz CT molecular complexity index is 1250. The second-order valence-electron chi connectivity index (χ2n) is 6.02. The van der Waals surface area contributed by atoms with Crippen LogP contribution < -0.4 is 10.2 Å². The molecule has 0 radical (unpaired) electrons. The van der Waals surface area contributed by atoms with Crippen molar-refractivity contribution < 1.29 is 13.9 Å². The number of hydrogen-bond acceptors (Lipinski definition) is 4. The molecule has 0 fully saturated rings. The largest absolute Gasteiger partial charge is 0.463 e. The molecule has 28 heavy (non-hydrogen) atoms. The molecule has 4 aromatic rings. The van der Waals surface area contributed by atoms with Crippen molar-refractivity contribution in [2.75, 3.05) is 0 Å². The topological polar surface area (TPSA) is 56.5 Å². The molecule has 0 aliphatic heterocycles. The van der Waals surface area contributed by atoms with Crippen LogP contribution >= 0.6 is 23.2 Å². The average molecular weight is 411 g/mol. The number of carbonyl (C=O) groups excluding carboxylic acids is 1. The van der Waals surface area contributed by atoms with E-state index < -0.39 is 5.97 Å². The van der Waals surface area contributed by atoms with Crippen LogP contribution in [0, 0.1) is 0 Å². The van der Waals surface area contributed by atoms with Crippen molar-refractivity contribution in [2.24, 2.45) is 0 Å². The summed E-state index contributed by atoms with van der Waals surface area (Å²) in [6.07, 6.45) is 1.40. The van der Waals surface area contributed by atoms with Crippen LogP contribution in [0.15, 0.2) is 82.2 Å². The minimum absolute atomic E-state index is 0.161. The highest BCUT2D eigenvalue weighted by Gasteiger charge is 2.15. The maximum absolute atomic E-state index is 12.8. The standard InChI is InChI=1S/C22H12Cl2O4/c23-14-6-8-16(19(24)10-14)22(26)28-15-7-9-17-20(11-15)27-12-18(21(17)25)13-4-2-1-3-5-13/h1-12H. The lowest BCUT2D eigenvalue weighted by Crippen LogP contribution is -2.10. The van der Waals surface area contributed by atoms with Gasteiger partial charge in [0.25, 0.3) is 0 Å². The van der Waals surface area contributed by atoms with Crippen LogP contribution in [0.25, 0.3) is 22.1 Å². The van der Waals surface area contributed by atoms with Gasteiger partial charge in [0.2, 0.25) is 0 Å². The van der Waals surface area contributed by atoms with Crippen molar-refractivity contribution in [3.63, 3.8) is 0 Å². The molecule has 0 unspecified atom stereocenters. The smallest absolute Gasteiger partial charge is 0.345 e. The van der Waals surface area contributed by atoms with Gasteiger partial charge in [0.05, 0.1) is 21.5 Å². The van der Waals surface area contributed by atoms with Gasteiger partial charge in [-0.25, -0.2) is 4.79 Å². The van der Waals surface area contributed by atoms with Gasteiger partial charge in [-0.05, 0) is 35.9 Å². The van der Waals surface area contributed by atoms with Gasteiger partial charge in [-0.3, -0.25) is 4.79 Å². The zero-order chi connectivity index (χ0) is 19.7. The summed E-state index contributed by atoms with van der Waals surface area (Å²) in [7, 11) is 0. The summed E-state index contributed by atoms with van der Waals surface area (Å²) < 4.78 is 11.0. The molecule has 4 rings (SSSR count). The summed E-state index contributed by atoms with van der Waals surface area (Å²) in [6, 6.07) is 18.3. The first-order chi connectivity index (χ1) is 13.5. The van der Waals surface area contributed by atoms with Crippen molar-refractivity contribution in [2.45, 2.75) is 0 Å². The van der Waals surface area contributed by atoms with Gasteiger partial charge in [0, 0.05) is 11.1 Å². The fourth-order valence-electron chi connectivity index (χ4n) is 2.81. The molecule has 6 heteroatoms. The van der Waals surface area contributed by atoms with Crippen molar-refractivity contribution in [3.8, 4) is 16.9 Å². The van der Waals surface area contributed by atoms with Gasteiger partial charge in [-0.2, -0.15) is 0 Å². The summed E-state index contributed by atoms with van der Waals surface area (Å²) in [5.41, 5.74) is 1.58. The van der Waals surface area contributed by atoms with Gasteiger partial charge < -0.3 is 9.15 Å². The Hall–Kier alpha value is -3.08. The lowest BCUT2D eigenvalue weighted by molar-refractivity contribution is 0.0735. The Morgan fingerprint density at radius 2 is 1.71 bits per heavy atom. The Kier molecular flexibility index (Phi) is 4.90. The van der Waals surface area contributed by atoms with E-state index in [9.17, 15) is 9.59 Å². The monoisotopic (exact) mass is 410 g/mol. The van der Waals surface area contributed by atoms with Crippen molar-refractivity contribution in [1.82, 2.24) is 0 Å². The molecular weight excluding hydrogens is 399 g/mol. The SMILES string of the molecule is O=C(Oc1ccc2c(=O)c(-c3ccccc3)coc2c1)c1ccc(Cl)cc1Cl. The fraction of sp³-hybridized carbons (Fsp3) is 0. The molecule has 0 aliphatic carbocycles. The number of ether oxygens (including phenoxy) is 1. The van der Waals surface area contributed by atoms with Crippen LogP contribution in [0.3, 0.4) is 0 Å². The van der Waals surface area contributed by atoms with Crippen molar-refractivity contribution in [1.29, 1.82) is 0 Å². The number of carbonyl (C=O) groups is 1. The van der Waals surface area contributed by atoms with E-state index in [4.69, 9.17) is 32.4 Å². The summed E-state index contributed by atoms with van der Waals surface area (Å²) in [6.45, 7) is 0. The maximum Gasteiger partial charge on any atom is 0.345 e. The molecule has 1 aromatic heterocycles. The lowest BCUT2D eigenvalue weighted by Gasteiger charge is -2.07. The third-order valence-electron chi connectivity index (χ3n) is 4.19. The van der Waals surface area contributed by atoms with Gasteiger partial charge in [-0.15, -0.1) is 0 Å². The van der Waals surface area contributed by atoms with E-state index >= 15 is 0 Å². The van der Waals surface area contributed by atoms with E-state index in [1.807, 2.05) is 30.3 Å². The molecule has 0 saturated carbocycles. The molecule has 0 saturated heterocycles. The Morgan fingerprint density at radius 3 is 2.46 bits per heavy atom. The summed E-state index contributed by atoms with van der Waals surface area (Å²) >= 11 is 11.9.